The summed E-state index contributed by atoms with van der Waals surface area (Å²) in [5.74, 6) is -0.938. The molecule has 8 nitrogen and oxygen atoms in total. The molecule has 2 saturated heterocycles. The Balaban J connectivity index is 1.85. The zero-order chi connectivity index (χ0) is 19.8. The summed E-state index contributed by atoms with van der Waals surface area (Å²) < 4.78 is 23.1. The molecule has 8 atom stereocenters. The maximum Gasteiger partial charge on any atom is 0.303 e. The summed E-state index contributed by atoms with van der Waals surface area (Å²) in [5, 5.41) is 21.5. The van der Waals surface area contributed by atoms with Gasteiger partial charge in [-0.15, -0.1) is 0 Å². The molecule has 2 bridgehead atoms. The Kier molecular flexibility index (Phi) is 4.03. The third-order valence-corrected chi connectivity index (χ3v) is 7.21. The van der Waals surface area contributed by atoms with Crippen LogP contribution < -0.4 is 0 Å². The first-order chi connectivity index (χ1) is 12.6. The number of carbonyl (C=O) groups is 2. The zero-order valence-electron chi connectivity index (χ0n) is 15.9. The molecule has 4 rings (SSSR count). The second-order valence-corrected chi connectivity index (χ2v) is 8.41. The van der Waals surface area contributed by atoms with Crippen molar-refractivity contribution in [2.45, 2.75) is 70.2 Å². The Bertz CT molecular complexity index is 712. The molecule has 2 N–H and O–H groups in total. The van der Waals surface area contributed by atoms with Gasteiger partial charge in [0.1, 0.15) is 30.0 Å². The van der Waals surface area contributed by atoms with Crippen molar-refractivity contribution in [3.05, 3.63) is 11.6 Å². The van der Waals surface area contributed by atoms with Gasteiger partial charge in [0.15, 0.2) is 0 Å². The summed E-state index contributed by atoms with van der Waals surface area (Å²) in [6.45, 7) is 6.40. The van der Waals surface area contributed by atoms with Gasteiger partial charge >= 0.3 is 11.9 Å². The van der Waals surface area contributed by atoms with E-state index in [-0.39, 0.29) is 13.0 Å². The Hall–Kier alpha value is -1.48. The highest BCUT2D eigenvalue weighted by Gasteiger charge is 2.85. The van der Waals surface area contributed by atoms with Crippen LogP contribution in [0, 0.1) is 10.8 Å². The Morgan fingerprint density at radius 1 is 1.30 bits per heavy atom. The molecule has 27 heavy (non-hydrogen) atoms. The molecule has 2 aliphatic carbocycles. The highest BCUT2D eigenvalue weighted by Crippen LogP contribution is 2.71. The van der Waals surface area contributed by atoms with Crippen LogP contribution in [-0.2, 0) is 28.5 Å². The number of epoxide rings is 1. The molecule has 0 aromatic rings. The summed E-state index contributed by atoms with van der Waals surface area (Å²) in [6.07, 6.45) is -1.55. The van der Waals surface area contributed by atoms with Gasteiger partial charge in [-0.1, -0.05) is 13.0 Å². The van der Waals surface area contributed by atoms with Gasteiger partial charge in [-0.2, -0.15) is 0 Å². The highest BCUT2D eigenvalue weighted by molar-refractivity contribution is 5.67. The summed E-state index contributed by atoms with van der Waals surface area (Å²) in [6, 6.07) is 0. The molecule has 8 heteroatoms. The van der Waals surface area contributed by atoms with E-state index in [4.69, 9.17) is 18.9 Å². The van der Waals surface area contributed by atoms with Crippen LogP contribution in [0.15, 0.2) is 11.6 Å². The number of ether oxygens (including phenoxy) is 4. The van der Waals surface area contributed by atoms with Crippen LogP contribution in [0.25, 0.3) is 0 Å². The van der Waals surface area contributed by atoms with Crippen molar-refractivity contribution >= 4 is 11.9 Å². The topological polar surface area (TPSA) is 115 Å². The van der Waals surface area contributed by atoms with E-state index in [0.29, 0.717) is 6.61 Å². The number of rotatable bonds is 3. The van der Waals surface area contributed by atoms with E-state index in [2.05, 4.69) is 0 Å². The van der Waals surface area contributed by atoms with E-state index in [1.54, 1.807) is 0 Å². The van der Waals surface area contributed by atoms with Gasteiger partial charge < -0.3 is 29.2 Å². The predicted octanol–water partition coefficient (Wildman–Crippen LogP) is 0.0957. The van der Waals surface area contributed by atoms with Crippen molar-refractivity contribution in [1.29, 1.82) is 0 Å². The first-order valence-electron chi connectivity index (χ1n) is 9.24. The first kappa shape index (κ1) is 18.9. The number of hydrogen-bond donors (Lipinski definition) is 2. The second-order valence-electron chi connectivity index (χ2n) is 8.41. The largest absolute Gasteiger partial charge is 0.459 e. The molecule has 2 heterocycles. The van der Waals surface area contributed by atoms with Gasteiger partial charge in [-0.3, -0.25) is 9.59 Å². The van der Waals surface area contributed by atoms with Crippen molar-refractivity contribution < 1.29 is 38.7 Å². The lowest BCUT2D eigenvalue weighted by Gasteiger charge is -2.58. The van der Waals surface area contributed by atoms with Gasteiger partial charge in [-0.25, -0.2) is 0 Å². The van der Waals surface area contributed by atoms with Gasteiger partial charge in [0.2, 0.25) is 0 Å². The fourth-order valence-electron chi connectivity index (χ4n) is 5.72. The molecule has 0 amide bonds. The highest BCUT2D eigenvalue weighted by atomic mass is 16.7. The van der Waals surface area contributed by atoms with E-state index < -0.39 is 58.9 Å². The minimum absolute atomic E-state index is 0.287. The van der Waals surface area contributed by atoms with Crippen molar-refractivity contribution in [1.82, 2.24) is 0 Å². The molecule has 1 saturated carbocycles. The normalized spacial score (nSPS) is 50.0. The molecule has 1 spiro atoms. The molecule has 0 aromatic heterocycles. The van der Waals surface area contributed by atoms with Crippen molar-refractivity contribution in [2.24, 2.45) is 10.8 Å². The maximum absolute atomic E-state index is 11.8. The minimum atomic E-state index is -1.07. The summed E-state index contributed by atoms with van der Waals surface area (Å²) in [4.78, 5) is 23.3. The molecule has 150 valence electrons. The lowest BCUT2D eigenvalue weighted by Crippen LogP contribution is -2.67. The zero-order valence-corrected chi connectivity index (χ0v) is 15.9. The van der Waals surface area contributed by atoms with E-state index >= 15 is 0 Å². The average Bonchev–Trinajstić information content (AvgIpc) is 3.36. The molecule has 4 aliphatic rings. The minimum Gasteiger partial charge on any atom is -0.459 e. The van der Waals surface area contributed by atoms with Crippen molar-refractivity contribution in [3.63, 3.8) is 0 Å². The molecule has 3 unspecified atom stereocenters. The van der Waals surface area contributed by atoms with E-state index in [1.807, 2.05) is 19.9 Å². The Morgan fingerprint density at radius 3 is 2.44 bits per heavy atom. The number of esters is 2. The van der Waals surface area contributed by atoms with Crippen molar-refractivity contribution in [3.8, 4) is 0 Å². The molecule has 0 aromatic carbocycles. The van der Waals surface area contributed by atoms with Gasteiger partial charge in [0, 0.05) is 19.3 Å². The molecule has 3 fully saturated rings. The van der Waals surface area contributed by atoms with Crippen LogP contribution in [0.3, 0.4) is 0 Å². The van der Waals surface area contributed by atoms with Crippen LogP contribution in [0.5, 0.6) is 0 Å². The van der Waals surface area contributed by atoms with Gasteiger partial charge in [0.25, 0.3) is 0 Å². The first-order valence-corrected chi connectivity index (χ1v) is 9.24. The van der Waals surface area contributed by atoms with E-state index in [0.717, 1.165) is 5.57 Å². The fraction of sp³-hybridized carbons (Fsp3) is 0.789. The lowest BCUT2D eigenvalue weighted by atomic mass is 9.51. The molecule has 2 aliphatic heterocycles. The van der Waals surface area contributed by atoms with Crippen LogP contribution in [-0.4, -0.2) is 71.5 Å². The molecule has 0 radical (unpaired) electrons. The maximum atomic E-state index is 11.8. The van der Waals surface area contributed by atoms with Crippen molar-refractivity contribution in [2.75, 3.05) is 13.2 Å². The van der Waals surface area contributed by atoms with E-state index in [1.165, 1.54) is 13.8 Å². The summed E-state index contributed by atoms with van der Waals surface area (Å²) >= 11 is 0. The third-order valence-electron chi connectivity index (χ3n) is 7.21. The molecular weight excluding hydrogens is 356 g/mol. The second kappa shape index (κ2) is 5.76. The molecular formula is C19H26O8. The number of hydrogen-bond acceptors (Lipinski definition) is 8. The number of carbonyl (C=O) groups excluding carboxylic acids is 2. The number of aliphatic hydroxyl groups is 2. The summed E-state index contributed by atoms with van der Waals surface area (Å²) in [7, 11) is 0. The van der Waals surface area contributed by atoms with Gasteiger partial charge in [-0.05, 0) is 18.9 Å². The number of aliphatic hydroxyl groups excluding tert-OH is 2. The monoisotopic (exact) mass is 382 g/mol. The van der Waals surface area contributed by atoms with Gasteiger partial charge in [0.05, 0.1) is 24.7 Å². The average molecular weight is 382 g/mol. The fourth-order valence-corrected chi connectivity index (χ4v) is 5.72. The SMILES string of the molecule is CC(=O)OC1C[C@@]2(CO)[C@@H](C=C1C)O[C@@H]1C(O)C(OC(C)=O)[C@@]2(C)[C@]12CO2. The smallest absolute Gasteiger partial charge is 0.303 e. The van der Waals surface area contributed by atoms with Crippen LogP contribution in [0.4, 0.5) is 0 Å². The quantitative estimate of drug-likeness (QED) is 0.401. The Morgan fingerprint density at radius 2 is 1.93 bits per heavy atom. The van der Waals surface area contributed by atoms with Crippen LogP contribution >= 0.6 is 0 Å². The lowest BCUT2D eigenvalue weighted by molar-refractivity contribution is -0.237. The summed E-state index contributed by atoms with van der Waals surface area (Å²) in [5.41, 5.74) is -1.88. The predicted molar refractivity (Wildman–Crippen MR) is 90.5 cm³/mol. The van der Waals surface area contributed by atoms with Crippen LogP contribution in [0.2, 0.25) is 0 Å². The third kappa shape index (κ3) is 2.18. The van der Waals surface area contributed by atoms with Crippen LogP contribution in [0.1, 0.15) is 34.1 Å². The van der Waals surface area contributed by atoms with E-state index in [9.17, 15) is 19.8 Å². The standard InChI is InChI=1S/C19H26O8/c1-9-5-13-18(7-20,6-12(9)25-10(2)21)17(4)15(26-11(3)22)14(23)16(27-13)19(17)8-24-19/h5,12-16,20,23H,6-8H2,1-4H3/t12?,13-,14?,15?,16-,17-,18-,19+/m1/s1. The number of fused-ring (bicyclic) bond motifs is 2. The Labute approximate surface area is 157 Å².